The van der Waals surface area contributed by atoms with Crippen LogP contribution in [0.25, 0.3) is 0 Å². The van der Waals surface area contributed by atoms with Crippen molar-refractivity contribution < 1.29 is 23.1 Å². The van der Waals surface area contributed by atoms with Gasteiger partial charge in [0, 0.05) is 0 Å². The van der Waals surface area contributed by atoms with Crippen molar-refractivity contribution in [2.24, 2.45) is 11.3 Å². The van der Waals surface area contributed by atoms with Crippen LogP contribution in [0.2, 0.25) is 0 Å². The quantitative estimate of drug-likeness (QED) is 0.775. The second kappa shape index (κ2) is 3.61. The highest BCUT2D eigenvalue weighted by Crippen LogP contribution is 2.63. The highest BCUT2D eigenvalue weighted by atomic mass is 19.4. The highest BCUT2D eigenvalue weighted by molar-refractivity contribution is 5.86. The topological polar surface area (TPSA) is 49.3 Å². The molecule has 2 N–H and O–H groups in total. The summed E-state index contributed by atoms with van der Waals surface area (Å²) in [6.07, 6.45) is -3.60. The molecule has 0 aromatic rings. The smallest absolute Gasteiger partial charge is 0.382 e. The van der Waals surface area contributed by atoms with Gasteiger partial charge in [0.05, 0.1) is 12.0 Å². The normalized spacial score (nSPS) is 34.4. The number of halogens is 3. The van der Waals surface area contributed by atoms with Crippen molar-refractivity contribution in [1.82, 2.24) is 5.32 Å². The van der Waals surface area contributed by atoms with E-state index in [0.29, 0.717) is 5.92 Å². The third kappa shape index (κ3) is 1.90. The van der Waals surface area contributed by atoms with Crippen molar-refractivity contribution in [2.45, 2.75) is 38.0 Å². The Morgan fingerprint density at radius 2 is 2.25 bits per heavy atom. The minimum absolute atomic E-state index is 0.321. The minimum Gasteiger partial charge on any atom is -0.382 e. The van der Waals surface area contributed by atoms with E-state index in [0.717, 1.165) is 25.7 Å². The predicted molar refractivity (Wildman–Crippen MR) is 49.5 cm³/mol. The Balaban J connectivity index is 1.81. The number of aliphatic hydroxyl groups is 1. The van der Waals surface area contributed by atoms with Crippen molar-refractivity contribution in [3.05, 3.63) is 0 Å². The maximum Gasteiger partial charge on any atom is 0.416 e. The third-order valence-corrected chi connectivity index (χ3v) is 3.69. The fourth-order valence-corrected chi connectivity index (χ4v) is 2.60. The number of alkyl halides is 3. The van der Waals surface area contributed by atoms with Crippen LogP contribution in [0.1, 0.15) is 25.7 Å². The Labute approximate surface area is 91.0 Å². The van der Waals surface area contributed by atoms with E-state index in [2.05, 4.69) is 5.32 Å². The van der Waals surface area contributed by atoms with Crippen LogP contribution in [0.15, 0.2) is 0 Å². The van der Waals surface area contributed by atoms with Crippen LogP contribution in [0, 0.1) is 11.3 Å². The van der Waals surface area contributed by atoms with Crippen molar-refractivity contribution in [3.63, 3.8) is 0 Å². The molecule has 0 saturated heterocycles. The molecule has 1 amide bonds. The zero-order chi connectivity index (χ0) is 12.0. The zero-order valence-corrected chi connectivity index (χ0v) is 8.68. The van der Waals surface area contributed by atoms with E-state index in [-0.39, 0.29) is 5.91 Å². The SMILES string of the molecule is O=C(NCC(O)C(F)(F)F)C12CCCC1C2. The van der Waals surface area contributed by atoms with Crippen LogP contribution in [0.4, 0.5) is 13.2 Å². The van der Waals surface area contributed by atoms with E-state index < -0.39 is 24.2 Å². The summed E-state index contributed by atoms with van der Waals surface area (Å²) in [6, 6.07) is 0. The molecule has 0 aliphatic heterocycles. The lowest BCUT2D eigenvalue weighted by atomic mass is 10.0. The van der Waals surface area contributed by atoms with Gasteiger partial charge in [0.1, 0.15) is 0 Å². The van der Waals surface area contributed by atoms with Crippen molar-refractivity contribution in [3.8, 4) is 0 Å². The summed E-state index contributed by atoms with van der Waals surface area (Å²) < 4.78 is 35.9. The van der Waals surface area contributed by atoms with Gasteiger partial charge in [-0.05, 0) is 25.2 Å². The van der Waals surface area contributed by atoms with Gasteiger partial charge < -0.3 is 10.4 Å². The molecule has 0 radical (unpaired) electrons. The van der Waals surface area contributed by atoms with Crippen LogP contribution in [-0.4, -0.2) is 29.8 Å². The Morgan fingerprint density at radius 3 is 2.69 bits per heavy atom. The maximum absolute atomic E-state index is 12.0. The molecule has 92 valence electrons. The number of carbonyl (C=O) groups excluding carboxylic acids is 1. The first-order valence-electron chi connectivity index (χ1n) is 5.39. The lowest BCUT2D eigenvalue weighted by Crippen LogP contribution is -2.43. The largest absolute Gasteiger partial charge is 0.416 e. The first-order chi connectivity index (χ1) is 7.36. The molecule has 3 nitrogen and oxygen atoms in total. The van der Waals surface area contributed by atoms with E-state index in [1.807, 2.05) is 0 Å². The summed E-state index contributed by atoms with van der Waals surface area (Å²) in [5.74, 6) is 0.0360. The highest BCUT2D eigenvalue weighted by Gasteiger charge is 2.61. The van der Waals surface area contributed by atoms with E-state index in [4.69, 9.17) is 5.11 Å². The summed E-state index contributed by atoms with van der Waals surface area (Å²) in [7, 11) is 0. The van der Waals surface area contributed by atoms with Crippen molar-refractivity contribution in [1.29, 1.82) is 0 Å². The van der Waals surface area contributed by atoms with Crippen molar-refractivity contribution >= 4 is 5.91 Å². The fourth-order valence-electron chi connectivity index (χ4n) is 2.60. The molecule has 0 heterocycles. The fraction of sp³-hybridized carbons (Fsp3) is 0.900. The monoisotopic (exact) mass is 237 g/mol. The first-order valence-corrected chi connectivity index (χ1v) is 5.39. The molecule has 2 aliphatic rings. The van der Waals surface area contributed by atoms with E-state index in [1.54, 1.807) is 0 Å². The second-order valence-corrected chi connectivity index (χ2v) is 4.72. The van der Waals surface area contributed by atoms with E-state index in [1.165, 1.54) is 0 Å². The Bertz CT molecular complexity index is 305. The van der Waals surface area contributed by atoms with Crippen molar-refractivity contribution in [2.75, 3.05) is 6.54 Å². The Hall–Kier alpha value is -0.780. The number of nitrogens with one attached hydrogen (secondary N) is 1. The molecule has 2 aliphatic carbocycles. The average Bonchev–Trinajstić information content (AvgIpc) is 2.76. The zero-order valence-electron chi connectivity index (χ0n) is 8.68. The molecular weight excluding hydrogens is 223 g/mol. The van der Waals surface area contributed by atoms with Crippen LogP contribution in [0.3, 0.4) is 0 Å². The molecule has 2 fully saturated rings. The minimum atomic E-state index is -4.66. The number of amides is 1. The standard InChI is InChI=1S/C10H14F3NO2/c11-10(12,13)7(15)5-14-8(16)9-3-1-2-6(9)4-9/h6-7,15H,1-5H2,(H,14,16). The Morgan fingerprint density at radius 1 is 1.56 bits per heavy atom. The van der Waals surface area contributed by atoms with Gasteiger partial charge in [0.2, 0.25) is 5.91 Å². The van der Waals surface area contributed by atoms with E-state index in [9.17, 15) is 18.0 Å². The summed E-state index contributed by atoms with van der Waals surface area (Å²) >= 11 is 0. The molecule has 3 unspecified atom stereocenters. The molecule has 2 rings (SSSR count). The molecular formula is C10H14F3NO2. The molecule has 0 spiro atoms. The summed E-state index contributed by atoms with van der Waals surface area (Å²) in [5, 5.41) is 10.9. The van der Waals surface area contributed by atoms with Gasteiger partial charge >= 0.3 is 6.18 Å². The average molecular weight is 237 g/mol. The van der Waals surface area contributed by atoms with Gasteiger partial charge in [-0.3, -0.25) is 4.79 Å². The number of aliphatic hydroxyl groups excluding tert-OH is 1. The molecule has 6 heteroatoms. The van der Waals surface area contributed by atoms with Gasteiger partial charge in [-0.25, -0.2) is 0 Å². The molecule has 3 atom stereocenters. The molecule has 0 aromatic carbocycles. The number of rotatable bonds is 3. The number of hydrogen-bond donors (Lipinski definition) is 2. The summed E-state index contributed by atoms with van der Waals surface area (Å²) in [6.45, 7) is -0.739. The number of hydrogen-bond acceptors (Lipinski definition) is 2. The second-order valence-electron chi connectivity index (χ2n) is 4.72. The van der Waals surface area contributed by atoms with Crippen LogP contribution in [0.5, 0.6) is 0 Å². The first kappa shape index (κ1) is 11.7. The summed E-state index contributed by atoms with van der Waals surface area (Å²) in [4.78, 5) is 11.7. The third-order valence-electron chi connectivity index (χ3n) is 3.69. The maximum atomic E-state index is 12.0. The van der Waals surface area contributed by atoms with E-state index >= 15 is 0 Å². The lowest BCUT2D eigenvalue weighted by molar-refractivity contribution is -0.202. The lowest BCUT2D eigenvalue weighted by Gasteiger charge is -2.17. The number of fused-ring (bicyclic) bond motifs is 1. The van der Waals surface area contributed by atoms with Gasteiger partial charge in [0.25, 0.3) is 0 Å². The van der Waals surface area contributed by atoms with Crippen LogP contribution in [-0.2, 0) is 4.79 Å². The van der Waals surface area contributed by atoms with Gasteiger partial charge in [0.15, 0.2) is 6.10 Å². The van der Waals surface area contributed by atoms with Gasteiger partial charge in [-0.2, -0.15) is 13.2 Å². The van der Waals surface area contributed by atoms with Crippen LogP contribution < -0.4 is 5.32 Å². The van der Waals surface area contributed by atoms with Gasteiger partial charge in [-0.1, -0.05) is 6.42 Å². The Kier molecular flexibility index (Phi) is 2.64. The predicted octanol–water partition coefficient (Wildman–Crippen LogP) is 1.22. The van der Waals surface area contributed by atoms with Gasteiger partial charge in [-0.15, -0.1) is 0 Å². The molecule has 2 saturated carbocycles. The summed E-state index contributed by atoms with van der Waals surface area (Å²) in [5.41, 5.74) is -0.398. The molecule has 0 bridgehead atoms. The molecule has 0 aromatic heterocycles. The van der Waals surface area contributed by atoms with Crippen LogP contribution >= 0.6 is 0 Å². The molecule has 16 heavy (non-hydrogen) atoms. The number of carbonyl (C=O) groups is 1.